The fraction of sp³-hybridized carbons (Fsp3) is 0.167. The van der Waals surface area contributed by atoms with Crippen LogP contribution < -0.4 is 4.74 Å². The third kappa shape index (κ3) is 4.74. The molecule has 1 N–H and O–H groups in total. The van der Waals surface area contributed by atoms with Gasteiger partial charge in [0.1, 0.15) is 10.8 Å². The molecular weight excluding hydrogens is 409 g/mol. The second-order valence-corrected chi connectivity index (χ2v) is 7.37. The van der Waals surface area contributed by atoms with Crippen molar-refractivity contribution in [1.82, 2.24) is 15.0 Å². The minimum Gasteiger partial charge on any atom is -0.497 e. The van der Waals surface area contributed by atoms with Crippen molar-refractivity contribution in [1.29, 1.82) is 0 Å². The monoisotopic (exact) mass is 423 g/mol. The lowest BCUT2D eigenvalue weighted by atomic mass is 10.2. The highest BCUT2D eigenvalue weighted by atomic mass is 35.5. The van der Waals surface area contributed by atoms with Crippen molar-refractivity contribution >= 4 is 40.9 Å². The van der Waals surface area contributed by atoms with Gasteiger partial charge < -0.3 is 9.84 Å². The summed E-state index contributed by atoms with van der Waals surface area (Å²) in [6.07, 6.45) is 0. The molecule has 0 atom stereocenters. The largest absolute Gasteiger partial charge is 0.497 e. The van der Waals surface area contributed by atoms with E-state index < -0.39 is 5.97 Å². The van der Waals surface area contributed by atoms with Gasteiger partial charge in [0.2, 0.25) is 5.69 Å². The average molecular weight is 424 g/mol. The first-order valence-electron chi connectivity index (χ1n) is 7.84. The topological polar surface area (TPSA) is 77.2 Å². The minimum absolute atomic E-state index is 0.0754. The highest BCUT2D eigenvalue weighted by Crippen LogP contribution is 2.29. The number of thioether (sulfide) groups is 1. The zero-order chi connectivity index (χ0) is 19.4. The third-order valence-electron chi connectivity index (χ3n) is 3.74. The van der Waals surface area contributed by atoms with E-state index in [1.165, 1.54) is 11.8 Å². The number of hydrogen-bond donors (Lipinski definition) is 1. The van der Waals surface area contributed by atoms with Crippen LogP contribution in [0, 0.1) is 0 Å². The Morgan fingerprint density at radius 2 is 1.85 bits per heavy atom. The lowest BCUT2D eigenvalue weighted by Gasteiger charge is -2.08. The summed E-state index contributed by atoms with van der Waals surface area (Å²) >= 11 is 13.3. The Morgan fingerprint density at radius 1 is 1.15 bits per heavy atom. The summed E-state index contributed by atoms with van der Waals surface area (Å²) in [6, 6.07) is 12.8. The molecule has 27 heavy (non-hydrogen) atoms. The molecule has 0 bridgehead atoms. The van der Waals surface area contributed by atoms with Gasteiger partial charge in [-0.2, -0.15) is 0 Å². The zero-order valence-corrected chi connectivity index (χ0v) is 16.6. The maximum atomic E-state index is 11.5. The Labute approximate surface area is 170 Å². The smallest absolute Gasteiger partial charge is 0.359 e. The molecule has 1 aromatic heterocycles. The summed E-state index contributed by atoms with van der Waals surface area (Å²) in [7, 11) is 1.60. The molecule has 3 rings (SSSR count). The normalized spacial score (nSPS) is 10.8. The summed E-state index contributed by atoms with van der Waals surface area (Å²) in [5.41, 5.74) is 1.80. The minimum atomic E-state index is -1.12. The Hall–Kier alpha value is -2.22. The number of halogens is 2. The predicted molar refractivity (Wildman–Crippen MR) is 105 cm³/mol. The molecule has 0 spiro atoms. The van der Waals surface area contributed by atoms with Gasteiger partial charge in [-0.3, -0.25) is 0 Å². The summed E-state index contributed by atoms with van der Waals surface area (Å²) in [6.45, 7) is 0.397. The maximum absolute atomic E-state index is 11.5. The van der Waals surface area contributed by atoms with Crippen molar-refractivity contribution in [2.24, 2.45) is 0 Å². The van der Waals surface area contributed by atoms with Crippen LogP contribution in [0.2, 0.25) is 10.0 Å². The molecule has 9 heteroatoms. The van der Waals surface area contributed by atoms with Crippen LogP contribution in [0.4, 0.5) is 0 Å². The van der Waals surface area contributed by atoms with E-state index in [2.05, 4.69) is 10.3 Å². The molecule has 3 aromatic rings. The van der Waals surface area contributed by atoms with E-state index >= 15 is 0 Å². The van der Waals surface area contributed by atoms with Crippen molar-refractivity contribution in [3.63, 3.8) is 0 Å². The van der Waals surface area contributed by atoms with Gasteiger partial charge in [-0.15, -0.1) is 5.10 Å². The van der Waals surface area contributed by atoms with Crippen LogP contribution in [0.3, 0.4) is 0 Å². The SMILES string of the molecule is COc1ccc(Cn2nnc(C(=O)O)c2SCc2ccc(Cl)c(Cl)c2)cc1. The molecule has 1 heterocycles. The summed E-state index contributed by atoms with van der Waals surface area (Å²) in [5, 5.41) is 18.6. The van der Waals surface area contributed by atoms with E-state index in [1.807, 2.05) is 30.3 Å². The number of aromatic nitrogens is 3. The highest BCUT2D eigenvalue weighted by Gasteiger charge is 2.20. The quantitative estimate of drug-likeness (QED) is 0.558. The number of carbonyl (C=O) groups is 1. The van der Waals surface area contributed by atoms with Crippen molar-refractivity contribution in [3.8, 4) is 5.75 Å². The number of rotatable bonds is 7. The van der Waals surface area contributed by atoms with Gasteiger partial charge in [0, 0.05) is 5.75 Å². The molecule has 0 aliphatic rings. The first-order valence-corrected chi connectivity index (χ1v) is 9.58. The van der Waals surface area contributed by atoms with Crippen molar-refractivity contribution < 1.29 is 14.6 Å². The van der Waals surface area contributed by atoms with Crippen LogP contribution in [-0.4, -0.2) is 33.2 Å². The molecule has 6 nitrogen and oxygen atoms in total. The van der Waals surface area contributed by atoms with Crippen molar-refractivity contribution in [2.45, 2.75) is 17.3 Å². The van der Waals surface area contributed by atoms with E-state index in [0.29, 0.717) is 27.4 Å². The number of aromatic carboxylic acids is 1. The number of carboxylic acids is 1. The number of ether oxygens (including phenoxy) is 1. The fourth-order valence-electron chi connectivity index (χ4n) is 2.37. The van der Waals surface area contributed by atoms with Crippen LogP contribution >= 0.6 is 35.0 Å². The lowest BCUT2D eigenvalue weighted by molar-refractivity contribution is 0.0686. The predicted octanol–water partition coefficient (Wildman–Crippen LogP) is 4.63. The van der Waals surface area contributed by atoms with Crippen LogP contribution in [0.5, 0.6) is 5.75 Å². The molecule has 0 saturated heterocycles. The molecule has 0 amide bonds. The van der Waals surface area contributed by atoms with E-state index in [9.17, 15) is 9.90 Å². The van der Waals surface area contributed by atoms with Gasteiger partial charge in [0.05, 0.1) is 23.7 Å². The van der Waals surface area contributed by atoms with Crippen LogP contribution in [0.25, 0.3) is 0 Å². The summed E-state index contributed by atoms with van der Waals surface area (Å²) in [4.78, 5) is 11.5. The number of benzene rings is 2. The molecular formula is C18H15Cl2N3O3S. The number of carboxylic acid groups (broad SMARTS) is 1. The molecule has 140 valence electrons. The molecule has 0 aliphatic heterocycles. The first-order chi connectivity index (χ1) is 13.0. The molecule has 0 radical (unpaired) electrons. The fourth-order valence-corrected chi connectivity index (χ4v) is 3.69. The summed E-state index contributed by atoms with van der Waals surface area (Å²) < 4.78 is 6.72. The van der Waals surface area contributed by atoms with E-state index in [4.69, 9.17) is 27.9 Å². The standard InChI is InChI=1S/C18H15Cl2N3O3S/c1-26-13-5-2-11(3-6-13)9-23-17(16(18(24)25)21-22-23)27-10-12-4-7-14(19)15(20)8-12/h2-8H,9-10H2,1H3,(H,24,25). The Balaban J connectivity index is 1.82. The van der Waals surface area contributed by atoms with Crippen LogP contribution in [0.1, 0.15) is 21.6 Å². The molecule has 0 aliphatic carbocycles. The van der Waals surface area contributed by atoms with E-state index in [0.717, 1.165) is 16.9 Å². The molecule has 2 aromatic carbocycles. The van der Waals surface area contributed by atoms with Crippen molar-refractivity contribution in [3.05, 3.63) is 69.3 Å². The van der Waals surface area contributed by atoms with Gasteiger partial charge >= 0.3 is 5.97 Å². The van der Waals surface area contributed by atoms with Crippen LogP contribution in [-0.2, 0) is 12.3 Å². The van der Waals surface area contributed by atoms with Crippen LogP contribution in [0.15, 0.2) is 47.5 Å². The first kappa shape index (κ1) is 19.5. The van der Waals surface area contributed by atoms with Gasteiger partial charge in [-0.25, -0.2) is 9.48 Å². The van der Waals surface area contributed by atoms with E-state index in [1.54, 1.807) is 23.9 Å². The Morgan fingerprint density at radius 3 is 2.48 bits per heavy atom. The molecule has 0 fully saturated rings. The highest BCUT2D eigenvalue weighted by molar-refractivity contribution is 7.98. The Kier molecular flexibility index (Phi) is 6.26. The molecule has 0 saturated carbocycles. The number of hydrogen-bond acceptors (Lipinski definition) is 5. The van der Waals surface area contributed by atoms with Gasteiger partial charge in [0.25, 0.3) is 0 Å². The average Bonchev–Trinajstić information content (AvgIpc) is 3.06. The zero-order valence-electron chi connectivity index (χ0n) is 14.2. The van der Waals surface area contributed by atoms with Crippen molar-refractivity contribution in [2.75, 3.05) is 7.11 Å². The lowest BCUT2D eigenvalue weighted by Crippen LogP contribution is -2.05. The van der Waals surface area contributed by atoms with E-state index in [-0.39, 0.29) is 5.69 Å². The third-order valence-corrected chi connectivity index (χ3v) is 5.64. The molecule has 0 unspecified atom stereocenters. The maximum Gasteiger partial charge on any atom is 0.359 e. The summed E-state index contributed by atoms with van der Waals surface area (Å²) in [5.74, 6) is 0.137. The second kappa shape index (κ2) is 8.65. The van der Waals surface area contributed by atoms with Gasteiger partial charge in [-0.1, -0.05) is 58.4 Å². The van der Waals surface area contributed by atoms with Gasteiger partial charge in [-0.05, 0) is 35.4 Å². The second-order valence-electron chi connectivity index (χ2n) is 5.59. The van der Waals surface area contributed by atoms with Gasteiger partial charge in [0.15, 0.2) is 0 Å². The Bertz CT molecular complexity index is 961. The number of methoxy groups -OCH3 is 1. The number of nitrogens with zero attached hydrogens (tertiary/aromatic N) is 3.